The lowest BCUT2D eigenvalue weighted by molar-refractivity contribution is -0.870. The molecule has 0 fully saturated rings. The van der Waals surface area contributed by atoms with Gasteiger partial charge in [0.25, 0.3) is 7.82 Å². The lowest BCUT2D eigenvalue weighted by Crippen LogP contribution is -2.37. The summed E-state index contributed by atoms with van der Waals surface area (Å²) in [5, 5.41) is 0. The second-order valence-corrected chi connectivity index (χ2v) is 19.6. The van der Waals surface area contributed by atoms with E-state index in [9.17, 15) is 14.3 Å². The van der Waals surface area contributed by atoms with E-state index in [4.69, 9.17) is 18.5 Å². The van der Waals surface area contributed by atoms with E-state index < -0.39 is 13.9 Å². The van der Waals surface area contributed by atoms with E-state index in [0.717, 1.165) is 70.6 Å². The maximum atomic E-state index is 12.8. The van der Waals surface area contributed by atoms with Crippen molar-refractivity contribution in [3.63, 3.8) is 0 Å². The molecule has 0 aliphatic heterocycles. The van der Waals surface area contributed by atoms with Crippen molar-refractivity contribution in [3.05, 3.63) is 72.9 Å². The van der Waals surface area contributed by atoms with Crippen molar-refractivity contribution in [1.29, 1.82) is 0 Å². The molecule has 0 bridgehead atoms. The fourth-order valence-electron chi connectivity index (χ4n) is 6.80. The number of hydrogen-bond acceptors (Lipinski definition) is 7. The molecule has 0 rings (SSSR count). The van der Waals surface area contributed by atoms with Crippen LogP contribution in [0.5, 0.6) is 0 Å². The summed E-state index contributed by atoms with van der Waals surface area (Å²) in [4.78, 5) is 25.2. The zero-order valence-electron chi connectivity index (χ0n) is 41.5. The van der Waals surface area contributed by atoms with E-state index in [-0.39, 0.29) is 25.8 Å². The van der Waals surface area contributed by atoms with Crippen LogP contribution >= 0.6 is 7.82 Å². The molecule has 0 radical (unpaired) electrons. The number of esters is 1. The maximum Gasteiger partial charge on any atom is 0.306 e. The molecular formula is C54H98NO7P. The highest BCUT2D eigenvalue weighted by Crippen LogP contribution is 2.38. The summed E-state index contributed by atoms with van der Waals surface area (Å²) < 4.78 is 34.7. The third-order valence-corrected chi connectivity index (χ3v) is 11.7. The van der Waals surface area contributed by atoms with Crippen molar-refractivity contribution in [2.45, 2.75) is 213 Å². The summed E-state index contributed by atoms with van der Waals surface area (Å²) in [5.74, 6) is -0.344. The molecule has 0 amide bonds. The number of rotatable bonds is 47. The van der Waals surface area contributed by atoms with Gasteiger partial charge in [-0.3, -0.25) is 9.36 Å². The van der Waals surface area contributed by atoms with E-state index >= 15 is 0 Å². The smallest absolute Gasteiger partial charge is 0.306 e. The number of ether oxygens (including phenoxy) is 2. The molecule has 0 N–H and O–H groups in total. The standard InChI is InChI=1S/C54H98NO7P/c1-6-8-10-12-14-16-18-20-22-24-26-28-29-31-33-35-37-39-41-43-45-47-54(56)62-53(52-61-63(57,58)60-50-48-55(3,4)5)51-59-49-46-44-42-40-38-36-34-32-30-27-25-23-21-19-17-15-13-11-9-7-2/h8,10,14-17,20-23,26,28,53H,6-7,9,11-13,18-19,24-25,27,29-52H2,1-5H3/b10-8-,16-14-,17-15-,22-20-,23-21-,28-26-. The average molecular weight is 904 g/mol. The Bertz CT molecular complexity index is 1230. The van der Waals surface area contributed by atoms with Gasteiger partial charge in [0.15, 0.2) is 0 Å². The molecular weight excluding hydrogens is 806 g/mol. The zero-order chi connectivity index (χ0) is 46.2. The molecule has 2 atom stereocenters. The third-order valence-electron chi connectivity index (χ3n) is 10.7. The van der Waals surface area contributed by atoms with Crippen molar-refractivity contribution in [1.82, 2.24) is 0 Å². The van der Waals surface area contributed by atoms with Gasteiger partial charge in [-0.2, -0.15) is 0 Å². The number of carbonyl (C=O) groups excluding carboxylic acids is 1. The van der Waals surface area contributed by atoms with Gasteiger partial charge in [0.1, 0.15) is 19.3 Å². The molecule has 0 heterocycles. The summed E-state index contributed by atoms with van der Waals surface area (Å²) in [6, 6.07) is 0. The summed E-state index contributed by atoms with van der Waals surface area (Å²) in [6.45, 7) is 5.26. The van der Waals surface area contributed by atoms with Crippen LogP contribution in [0.1, 0.15) is 206 Å². The van der Waals surface area contributed by atoms with Gasteiger partial charge < -0.3 is 27.9 Å². The van der Waals surface area contributed by atoms with Crippen LogP contribution in [-0.4, -0.2) is 70.7 Å². The molecule has 0 aromatic carbocycles. The van der Waals surface area contributed by atoms with Crippen LogP contribution in [0.2, 0.25) is 0 Å². The van der Waals surface area contributed by atoms with Crippen LogP contribution in [0.15, 0.2) is 72.9 Å². The molecule has 8 nitrogen and oxygen atoms in total. The Morgan fingerprint density at radius 2 is 0.921 bits per heavy atom. The minimum atomic E-state index is -4.54. The van der Waals surface area contributed by atoms with Crippen LogP contribution in [0.4, 0.5) is 0 Å². The van der Waals surface area contributed by atoms with E-state index in [0.29, 0.717) is 24.1 Å². The molecule has 2 unspecified atom stereocenters. The second kappa shape index (κ2) is 46.5. The number of quaternary nitrogens is 1. The van der Waals surface area contributed by atoms with Crippen LogP contribution in [0.25, 0.3) is 0 Å². The lowest BCUT2D eigenvalue weighted by Gasteiger charge is -2.28. The molecule has 0 aliphatic rings. The number of phosphoric acid groups is 1. The molecule has 366 valence electrons. The summed E-state index contributed by atoms with van der Waals surface area (Å²) in [7, 11) is 1.34. The Kier molecular flexibility index (Phi) is 44.9. The number of nitrogens with zero attached hydrogens (tertiary/aromatic N) is 1. The minimum absolute atomic E-state index is 0.0207. The lowest BCUT2D eigenvalue weighted by atomic mass is 10.1. The normalized spacial score (nSPS) is 14.2. The summed E-state index contributed by atoms with van der Waals surface area (Å²) >= 11 is 0. The first-order valence-electron chi connectivity index (χ1n) is 25.7. The topological polar surface area (TPSA) is 94.1 Å². The number of hydrogen-bond donors (Lipinski definition) is 0. The first-order chi connectivity index (χ1) is 30.6. The van der Waals surface area contributed by atoms with Gasteiger partial charge in [-0.05, 0) is 83.5 Å². The second-order valence-electron chi connectivity index (χ2n) is 18.1. The van der Waals surface area contributed by atoms with Gasteiger partial charge in [0.2, 0.25) is 0 Å². The molecule has 0 spiro atoms. The fraction of sp³-hybridized carbons (Fsp3) is 0.759. The third kappa shape index (κ3) is 50.8. The SMILES string of the molecule is CC/C=C\C/C=C\C/C=C\C/C=C\CCCCCCCCCCC(=O)OC(COCCCCCCCCCCCC/C=C\C/C=C\CCCCC)COP(=O)([O-])OCC[N+](C)(C)C. The molecule has 63 heavy (non-hydrogen) atoms. The predicted octanol–water partition coefficient (Wildman–Crippen LogP) is 15.2. The predicted molar refractivity (Wildman–Crippen MR) is 268 cm³/mol. The van der Waals surface area contributed by atoms with E-state index in [1.165, 1.54) is 116 Å². The first-order valence-corrected chi connectivity index (χ1v) is 27.1. The molecule has 9 heteroatoms. The van der Waals surface area contributed by atoms with Crippen LogP contribution in [-0.2, 0) is 27.9 Å². The highest BCUT2D eigenvalue weighted by Gasteiger charge is 2.20. The number of carbonyl (C=O) groups is 1. The number of phosphoric ester groups is 1. The van der Waals surface area contributed by atoms with E-state index in [1.807, 2.05) is 21.1 Å². The number of unbranched alkanes of at least 4 members (excludes halogenated alkanes) is 21. The molecule has 0 aromatic rings. The average Bonchev–Trinajstić information content (AvgIpc) is 3.24. The summed E-state index contributed by atoms with van der Waals surface area (Å²) in [5.41, 5.74) is 0. The first kappa shape index (κ1) is 60.9. The molecule has 0 aromatic heterocycles. The van der Waals surface area contributed by atoms with Crippen molar-refractivity contribution >= 4 is 13.8 Å². The van der Waals surface area contributed by atoms with Crippen molar-refractivity contribution in [3.8, 4) is 0 Å². The zero-order valence-corrected chi connectivity index (χ0v) is 42.4. The Labute approximate surface area is 389 Å². The van der Waals surface area contributed by atoms with Gasteiger partial charge >= 0.3 is 5.97 Å². The number of likely N-dealkylation sites (N-methyl/N-ethyl adjacent to an activating group) is 1. The maximum absolute atomic E-state index is 12.8. The van der Waals surface area contributed by atoms with Gasteiger partial charge in [0.05, 0.1) is 34.4 Å². The van der Waals surface area contributed by atoms with E-state index in [1.54, 1.807) is 0 Å². The van der Waals surface area contributed by atoms with Gasteiger partial charge in [-0.25, -0.2) is 0 Å². The van der Waals surface area contributed by atoms with Gasteiger partial charge in [-0.1, -0.05) is 189 Å². The largest absolute Gasteiger partial charge is 0.756 e. The Morgan fingerprint density at radius 3 is 1.38 bits per heavy atom. The Balaban J connectivity index is 4.17. The monoisotopic (exact) mass is 904 g/mol. The molecule has 0 saturated carbocycles. The highest BCUT2D eigenvalue weighted by molar-refractivity contribution is 7.45. The Hall–Kier alpha value is -2.06. The van der Waals surface area contributed by atoms with Crippen molar-refractivity contribution < 1.29 is 37.3 Å². The Morgan fingerprint density at radius 1 is 0.508 bits per heavy atom. The van der Waals surface area contributed by atoms with E-state index in [2.05, 4.69) is 86.8 Å². The van der Waals surface area contributed by atoms with Gasteiger partial charge in [-0.15, -0.1) is 0 Å². The fourth-order valence-corrected chi connectivity index (χ4v) is 7.53. The van der Waals surface area contributed by atoms with Crippen molar-refractivity contribution in [2.75, 3.05) is 54.1 Å². The van der Waals surface area contributed by atoms with Crippen LogP contribution < -0.4 is 4.89 Å². The quantitative estimate of drug-likeness (QED) is 0.0197. The van der Waals surface area contributed by atoms with Crippen LogP contribution in [0, 0.1) is 0 Å². The molecule has 0 aliphatic carbocycles. The van der Waals surface area contributed by atoms with Crippen molar-refractivity contribution in [2.24, 2.45) is 0 Å². The number of allylic oxidation sites excluding steroid dienone is 12. The van der Waals surface area contributed by atoms with Crippen LogP contribution in [0.3, 0.4) is 0 Å². The molecule has 0 saturated heterocycles. The van der Waals surface area contributed by atoms with Gasteiger partial charge in [0, 0.05) is 13.0 Å². The highest BCUT2D eigenvalue weighted by atomic mass is 31.2. The summed E-state index contributed by atoms with van der Waals surface area (Å²) in [6.07, 6.45) is 60.6. The minimum Gasteiger partial charge on any atom is -0.756 e.